The zero-order chi connectivity index (χ0) is 23.5. The average Bonchev–Trinajstić information content (AvgIpc) is 2.67. The van der Waals surface area contributed by atoms with E-state index < -0.39 is 35.5 Å². The van der Waals surface area contributed by atoms with Crippen molar-refractivity contribution >= 4 is 5.91 Å². The lowest BCUT2D eigenvalue weighted by Crippen LogP contribution is -2.65. The summed E-state index contributed by atoms with van der Waals surface area (Å²) < 4.78 is 87.6. The van der Waals surface area contributed by atoms with Crippen molar-refractivity contribution in [3.8, 4) is 0 Å². The second kappa shape index (κ2) is 12.6. The van der Waals surface area contributed by atoms with Crippen LogP contribution in [0.1, 0.15) is 90.4 Å². The van der Waals surface area contributed by atoms with Crippen LogP contribution < -0.4 is 5.32 Å². The number of hydrogen-bond acceptors (Lipinski definition) is 3. The van der Waals surface area contributed by atoms with Gasteiger partial charge in [-0.2, -0.15) is 26.3 Å². The molecule has 0 aromatic heterocycles. The third kappa shape index (κ3) is 8.54. The van der Waals surface area contributed by atoms with Gasteiger partial charge in [0, 0.05) is 7.11 Å². The predicted octanol–water partition coefficient (Wildman–Crippen LogP) is 6.90. The summed E-state index contributed by atoms with van der Waals surface area (Å²) in [6.45, 7) is 2.17. The molecule has 0 bridgehead atoms. The molecule has 0 radical (unpaired) electrons. The van der Waals surface area contributed by atoms with Gasteiger partial charge in [-0.3, -0.25) is 10.1 Å². The van der Waals surface area contributed by atoms with E-state index in [0.29, 0.717) is 13.5 Å². The van der Waals surface area contributed by atoms with Crippen molar-refractivity contribution in [1.82, 2.24) is 5.32 Å². The van der Waals surface area contributed by atoms with Crippen LogP contribution in [0.4, 0.5) is 26.3 Å². The van der Waals surface area contributed by atoms with Crippen LogP contribution in [-0.4, -0.2) is 31.3 Å². The van der Waals surface area contributed by atoms with Gasteiger partial charge in [-0.05, 0) is 12.8 Å². The minimum atomic E-state index is -5.39. The molecule has 0 saturated heterocycles. The van der Waals surface area contributed by atoms with Crippen molar-refractivity contribution in [2.75, 3.05) is 7.11 Å². The number of amides is 1. The Bertz CT molecular complexity index is 589. The molecule has 4 nitrogen and oxygen atoms in total. The molecular formula is C21H33F6NO3. The first kappa shape index (κ1) is 27.6. The largest absolute Gasteiger partial charge is 0.478 e. The minimum Gasteiger partial charge on any atom is -0.432 e. The second-order valence-electron chi connectivity index (χ2n) is 7.82. The molecule has 0 aliphatic carbocycles. The van der Waals surface area contributed by atoms with Crippen molar-refractivity contribution in [3.63, 3.8) is 0 Å². The van der Waals surface area contributed by atoms with Gasteiger partial charge >= 0.3 is 18.3 Å². The van der Waals surface area contributed by atoms with Crippen molar-refractivity contribution in [1.29, 1.82) is 0 Å². The van der Waals surface area contributed by atoms with E-state index in [4.69, 9.17) is 0 Å². The molecule has 10 heteroatoms. The molecule has 31 heavy (non-hydrogen) atoms. The minimum absolute atomic E-state index is 0.245. The zero-order valence-corrected chi connectivity index (χ0v) is 18.2. The molecule has 0 spiro atoms. The average molecular weight is 461 g/mol. The molecule has 1 aliphatic rings. The first-order valence-electron chi connectivity index (χ1n) is 10.9. The Morgan fingerprint density at radius 3 is 1.68 bits per heavy atom. The lowest BCUT2D eigenvalue weighted by Gasteiger charge is -2.39. The fourth-order valence-corrected chi connectivity index (χ4v) is 3.49. The van der Waals surface area contributed by atoms with E-state index in [1.165, 1.54) is 43.8 Å². The van der Waals surface area contributed by atoms with Crippen LogP contribution in [0.3, 0.4) is 0 Å². The molecule has 1 amide bonds. The zero-order valence-electron chi connectivity index (χ0n) is 18.2. The lowest BCUT2D eigenvalue weighted by molar-refractivity contribution is -0.384. The van der Waals surface area contributed by atoms with Crippen molar-refractivity contribution in [2.24, 2.45) is 0 Å². The molecule has 0 saturated carbocycles. The number of alkyl halides is 6. The molecular weight excluding hydrogens is 428 g/mol. The number of carbonyl (C=O) groups is 1. The molecule has 0 aromatic carbocycles. The highest BCUT2D eigenvalue weighted by Crippen LogP contribution is 2.43. The molecule has 0 aromatic rings. The maximum absolute atomic E-state index is 13.3. The van der Waals surface area contributed by atoms with Gasteiger partial charge < -0.3 is 9.47 Å². The number of hydrogen-bond donors (Lipinski definition) is 1. The Morgan fingerprint density at radius 2 is 1.29 bits per heavy atom. The summed E-state index contributed by atoms with van der Waals surface area (Å²) >= 11 is 0. The fourth-order valence-electron chi connectivity index (χ4n) is 3.49. The van der Waals surface area contributed by atoms with Gasteiger partial charge in [0.1, 0.15) is 0 Å². The number of ether oxygens (including phenoxy) is 2. The summed E-state index contributed by atoms with van der Waals surface area (Å²) in [4.78, 5) is 12.1. The summed E-state index contributed by atoms with van der Waals surface area (Å²) in [6, 6.07) is 0. The second-order valence-corrected chi connectivity index (χ2v) is 7.82. The molecule has 1 aliphatic heterocycles. The van der Waals surface area contributed by atoms with E-state index in [2.05, 4.69) is 16.4 Å². The summed E-state index contributed by atoms with van der Waals surface area (Å²) in [5, 5.41) is 1.40. The van der Waals surface area contributed by atoms with E-state index in [0.717, 1.165) is 25.7 Å². The Kier molecular flexibility index (Phi) is 11.2. The van der Waals surface area contributed by atoms with Gasteiger partial charge in [0.25, 0.3) is 5.91 Å². The number of allylic oxidation sites excluding steroid dienone is 1. The van der Waals surface area contributed by atoms with Crippen LogP contribution in [0.5, 0.6) is 0 Å². The standard InChI is InChI=1S/C21H33F6NO3/c1-3-4-5-6-7-8-9-10-11-12-13-14-15-16-17(19(22,23)24)31-21(30-2,20(25,26)27)28-18(16)29/h3-15H2,1-2H3,(H,28,29). The summed E-state index contributed by atoms with van der Waals surface area (Å²) in [7, 11) is 0.512. The smallest absolute Gasteiger partial charge is 0.432 e. The highest BCUT2D eigenvalue weighted by molar-refractivity contribution is 5.95. The van der Waals surface area contributed by atoms with Crippen LogP contribution in [-0.2, 0) is 14.3 Å². The van der Waals surface area contributed by atoms with E-state index in [1.54, 1.807) is 0 Å². The molecule has 1 heterocycles. The topological polar surface area (TPSA) is 47.6 Å². The van der Waals surface area contributed by atoms with Crippen LogP contribution in [0.15, 0.2) is 11.3 Å². The number of nitrogens with one attached hydrogen (secondary N) is 1. The van der Waals surface area contributed by atoms with Crippen LogP contribution in [0, 0.1) is 0 Å². The summed E-state index contributed by atoms with van der Waals surface area (Å²) in [5.41, 5.74) is -0.837. The van der Waals surface area contributed by atoms with Gasteiger partial charge in [0.15, 0.2) is 0 Å². The van der Waals surface area contributed by atoms with E-state index in [1.807, 2.05) is 0 Å². The van der Waals surface area contributed by atoms with E-state index in [9.17, 15) is 31.1 Å². The van der Waals surface area contributed by atoms with Gasteiger partial charge in [0.05, 0.1) is 5.57 Å². The lowest BCUT2D eigenvalue weighted by atomic mass is 10.0. The first-order chi connectivity index (χ1) is 14.5. The fraction of sp³-hybridized carbons (Fsp3) is 0.857. The first-order valence-corrected chi connectivity index (χ1v) is 10.9. The highest BCUT2D eigenvalue weighted by Gasteiger charge is 2.65. The van der Waals surface area contributed by atoms with Gasteiger partial charge in [0.2, 0.25) is 5.76 Å². The summed E-state index contributed by atoms with van der Waals surface area (Å²) in [6.07, 6.45) is 1.09. The van der Waals surface area contributed by atoms with Gasteiger partial charge in [-0.1, -0.05) is 77.6 Å². The Balaban J connectivity index is 2.50. The number of unbranched alkanes of at least 4 members (excludes halogenated alkanes) is 11. The number of carbonyl (C=O) groups excluding carboxylic acids is 1. The monoisotopic (exact) mass is 461 g/mol. The van der Waals surface area contributed by atoms with E-state index >= 15 is 0 Å². The van der Waals surface area contributed by atoms with Gasteiger partial charge in [-0.25, -0.2) is 0 Å². The number of halogens is 6. The summed E-state index contributed by atoms with van der Waals surface area (Å²) in [5.74, 6) is -7.28. The van der Waals surface area contributed by atoms with Crippen molar-refractivity contribution in [2.45, 2.75) is 109 Å². The van der Waals surface area contributed by atoms with Crippen molar-refractivity contribution in [3.05, 3.63) is 11.3 Å². The molecule has 1 atom stereocenters. The van der Waals surface area contributed by atoms with Crippen LogP contribution in [0.2, 0.25) is 0 Å². The number of methoxy groups -OCH3 is 1. The SMILES string of the molecule is CCCCCCCCCCCCCCC1=C(C(F)(F)F)OC(OC)(C(F)(F)F)NC1=O. The molecule has 0 fully saturated rings. The maximum atomic E-state index is 13.3. The maximum Gasteiger partial charge on any atom is 0.478 e. The molecule has 1 rings (SSSR count). The third-order valence-electron chi connectivity index (χ3n) is 5.27. The molecule has 1 unspecified atom stereocenters. The van der Waals surface area contributed by atoms with Crippen LogP contribution in [0.25, 0.3) is 0 Å². The predicted molar refractivity (Wildman–Crippen MR) is 104 cm³/mol. The Hall–Kier alpha value is -1.45. The Labute approximate surface area is 179 Å². The third-order valence-corrected chi connectivity index (χ3v) is 5.27. The van der Waals surface area contributed by atoms with Gasteiger partial charge in [-0.15, -0.1) is 0 Å². The highest BCUT2D eigenvalue weighted by atomic mass is 19.4. The molecule has 1 N–H and O–H groups in total. The normalized spacial score (nSPS) is 20.1. The number of rotatable bonds is 14. The molecule has 182 valence electrons. The van der Waals surface area contributed by atoms with E-state index in [-0.39, 0.29) is 12.8 Å². The van der Waals surface area contributed by atoms with Crippen molar-refractivity contribution < 1.29 is 40.6 Å². The quantitative estimate of drug-likeness (QED) is 0.226. The Morgan fingerprint density at radius 1 is 0.839 bits per heavy atom. The van der Waals surface area contributed by atoms with Crippen LogP contribution >= 0.6 is 0 Å².